The van der Waals surface area contributed by atoms with E-state index in [-0.39, 0.29) is 35.0 Å². The van der Waals surface area contributed by atoms with E-state index in [1.807, 2.05) is 0 Å². The first-order valence-electron chi connectivity index (χ1n) is 8.69. The number of aromatic nitrogens is 5. The van der Waals surface area contributed by atoms with Crippen LogP contribution in [0.1, 0.15) is 28.2 Å². The van der Waals surface area contributed by atoms with Crippen LogP contribution >= 0.6 is 11.3 Å². The fraction of sp³-hybridized carbons (Fsp3) is 0.250. The Morgan fingerprint density at radius 3 is 2.68 bits per heavy atom. The third-order valence-corrected chi connectivity index (χ3v) is 4.84. The average Bonchev–Trinajstić information content (AvgIpc) is 3.18. The molecule has 0 aliphatic rings. The van der Waals surface area contributed by atoms with Crippen molar-refractivity contribution in [3.8, 4) is 0 Å². The van der Waals surface area contributed by atoms with Crippen LogP contribution in [0.3, 0.4) is 0 Å². The summed E-state index contributed by atoms with van der Waals surface area (Å²) in [6, 6.07) is -1.34. The number of nitrogens with one attached hydrogen (secondary N) is 3. The van der Waals surface area contributed by atoms with E-state index in [1.165, 1.54) is 12.4 Å². The van der Waals surface area contributed by atoms with Crippen LogP contribution in [0.15, 0.2) is 17.2 Å². The Morgan fingerprint density at radius 2 is 1.97 bits per heavy atom. The van der Waals surface area contributed by atoms with Crippen LogP contribution in [0.25, 0.3) is 11.2 Å². The van der Waals surface area contributed by atoms with Gasteiger partial charge in [-0.2, -0.15) is 4.98 Å². The quantitative estimate of drug-likeness (QED) is 0.241. The number of carboxylic acid groups (broad SMARTS) is 2. The Labute approximate surface area is 176 Å². The Hall–Kier alpha value is -4.14. The van der Waals surface area contributed by atoms with Crippen molar-refractivity contribution in [2.45, 2.75) is 25.4 Å². The second-order valence-corrected chi connectivity index (χ2v) is 7.20. The molecular weight excluding hydrogens is 432 g/mol. The zero-order chi connectivity index (χ0) is 22.5. The lowest BCUT2D eigenvalue weighted by molar-refractivity contribution is -0.140. The van der Waals surface area contributed by atoms with E-state index >= 15 is 0 Å². The number of nitrogen functional groups attached to an aromatic ring is 1. The van der Waals surface area contributed by atoms with Crippen molar-refractivity contribution >= 4 is 51.4 Å². The Morgan fingerprint density at radius 1 is 1.19 bits per heavy atom. The molecule has 0 bridgehead atoms. The minimum atomic E-state index is -1.34. The summed E-state index contributed by atoms with van der Waals surface area (Å²) >= 11 is 0.959. The van der Waals surface area contributed by atoms with Crippen molar-refractivity contribution in [1.82, 2.24) is 30.2 Å². The number of H-pyrrole nitrogens is 1. The Bertz CT molecular complexity index is 1210. The highest BCUT2D eigenvalue weighted by Crippen LogP contribution is 2.19. The molecule has 0 saturated heterocycles. The number of rotatable bonds is 9. The molecule has 162 valence electrons. The molecule has 1 amide bonds. The third-order valence-electron chi connectivity index (χ3n) is 3.89. The van der Waals surface area contributed by atoms with E-state index in [1.54, 1.807) is 0 Å². The van der Waals surface area contributed by atoms with Crippen molar-refractivity contribution in [2.75, 3.05) is 11.1 Å². The number of carbonyl (C=O) groups excluding carboxylic acids is 1. The molecule has 3 aromatic heterocycles. The van der Waals surface area contributed by atoms with Crippen molar-refractivity contribution in [2.24, 2.45) is 0 Å². The largest absolute Gasteiger partial charge is 0.481 e. The van der Waals surface area contributed by atoms with Crippen molar-refractivity contribution < 1.29 is 24.6 Å². The molecular formula is C16H16N8O6S. The van der Waals surface area contributed by atoms with Gasteiger partial charge in [-0.05, 0) is 6.42 Å². The van der Waals surface area contributed by atoms with Gasteiger partial charge in [-0.25, -0.2) is 19.7 Å². The van der Waals surface area contributed by atoms with Gasteiger partial charge in [0.25, 0.3) is 11.5 Å². The smallest absolute Gasteiger partial charge is 0.326 e. The number of thiazole rings is 1. The lowest BCUT2D eigenvalue weighted by Crippen LogP contribution is -2.40. The number of anilines is 2. The van der Waals surface area contributed by atoms with E-state index in [2.05, 4.69) is 35.6 Å². The number of carboxylic acids is 2. The van der Waals surface area contributed by atoms with Gasteiger partial charge in [0, 0.05) is 6.42 Å². The third kappa shape index (κ3) is 5.47. The van der Waals surface area contributed by atoms with Gasteiger partial charge < -0.3 is 26.6 Å². The number of nitrogens with zero attached hydrogens (tertiary/aromatic N) is 4. The zero-order valence-corrected chi connectivity index (χ0v) is 16.5. The van der Waals surface area contributed by atoms with Gasteiger partial charge in [-0.15, -0.1) is 0 Å². The van der Waals surface area contributed by atoms with E-state index in [0.29, 0.717) is 10.8 Å². The first-order chi connectivity index (χ1) is 14.7. The topological polar surface area (TPSA) is 226 Å². The number of fused-ring (bicyclic) bond motifs is 1. The minimum absolute atomic E-state index is 0.0220. The molecule has 3 aromatic rings. The Kier molecular flexibility index (Phi) is 6.35. The summed E-state index contributed by atoms with van der Waals surface area (Å²) in [5.74, 6) is -3.26. The van der Waals surface area contributed by atoms with Gasteiger partial charge in [-0.3, -0.25) is 19.4 Å². The van der Waals surface area contributed by atoms with Gasteiger partial charge in [0.1, 0.15) is 10.9 Å². The van der Waals surface area contributed by atoms with Crippen LogP contribution in [0.5, 0.6) is 0 Å². The lowest BCUT2D eigenvalue weighted by Gasteiger charge is -2.12. The summed E-state index contributed by atoms with van der Waals surface area (Å²) in [5, 5.41) is 23.3. The summed E-state index contributed by atoms with van der Waals surface area (Å²) < 4.78 is 0. The molecule has 31 heavy (non-hydrogen) atoms. The predicted octanol–water partition coefficient (Wildman–Crippen LogP) is -0.588. The lowest BCUT2D eigenvalue weighted by atomic mass is 10.1. The monoisotopic (exact) mass is 448 g/mol. The van der Waals surface area contributed by atoms with Gasteiger partial charge in [0.15, 0.2) is 16.3 Å². The molecule has 7 N–H and O–H groups in total. The summed E-state index contributed by atoms with van der Waals surface area (Å²) in [5.41, 5.74) is 5.46. The summed E-state index contributed by atoms with van der Waals surface area (Å²) in [6.45, 7) is 0.137. The second kappa shape index (κ2) is 9.12. The maximum absolute atomic E-state index is 12.2. The van der Waals surface area contributed by atoms with Crippen LogP contribution in [0.4, 0.5) is 11.1 Å². The highest BCUT2D eigenvalue weighted by atomic mass is 32.1. The molecule has 0 radical (unpaired) electrons. The number of aromatic amines is 1. The Balaban J connectivity index is 1.63. The molecule has 0 aromatic carbocycles. The molecule has 0 saturated carbocycles. The van der Waals surface area contributed by atoms with E-state index < -0.39 is 35.9 Å². The molecule has 14 nitrogen and oxygen atoms in total. The van der Waals surface area contributed by atoms with Gasteiger partial charge >= 0.3 is 11.9 Å². The molecule has 3 heterocycles. The molecule has 0 aliphatic carbocycles. The van der Waals surface area contributed by atoms with Crippen LogP contribution < -0.4 is 21.9 Å². The number of amides is 1. The molecule has 15 heteroatoms. The maximum Gasteiger partial charge on any atom is 0.326 e. The zero-order valence-electron chi connectivity index (χ0n) is 15.7. The number of nitrogens with two attached hydrogens (primary N) is 1. The maximum atomic E-state index is 12.2. The number of hydrogen-bond donors (Lipinski definition) is 6. The fourth-order valence-electron chi connectivity index (χ4n) is 2.44. The molecule has 0 unspecified atom stereocenters. The first-order valence-corrected chi connectivity index (χ1v) is 9.51. The van der Waals surface area contributed by atoms with E-state index in [9.17, 15) is 19.2 Å². The van der Waals surface area contributed by atoms with Crippen LogP contribution in [0.2, 0.25) is 0 Å². The van der Waals surface area contributed by atoms with Crippen molar-refractivity contribution in [3.05, 3.63) is 33.3 Å². The summed E-state index contributed by atoms with van der Waals surface area (Å²) in [4.78, 5) is 64.5. The highest BCUT2D eigenvalue weighted by Gasteiger charge is 2.22. The van der Waals surface area contributed by atoms with Crippen LogP contribution in [-0.4, -0.2) is 59.0 Å². The van der Waals surface area contributed by atoms with Crippen molar-refractivity contribution in [3.63, 3.8) is 0 Å². The molecule has 0 fully saturated rings. The van der Waals surface area contributed by atoms with E-state index in [0.717, 1.165) is 11.3 Å². The first kappa shape index (κ1) is 21.6. The van der Waals surface area contributed by atoms with Gasteiger partial charge in [0.2, 0.25) is 5.95 Å². The van der Waals surface area contributed by atoms with Crippen molar-refractivity contribution in [1.29, 1.82) is 0 Å². The average molecular weight is 448 g/mol. The predicted molar refractivity (Wildman–Crippen MR) is 108 cm³/mol. The molecule has 0 aliphatic heterocycles. The standard InChI is InChI=1S/C16H16N8O6S/c17-15-23-11-10(13(28)24-15)21-6(3-18-11)4-19-16-20-5-8(31-16)12(27)22-7(14(29)30)1-2-9(25)26/h3,5,7H,1-2,4H2,(H,19,20)(H,22,27)(H,25,26)(H,29,30)(H3,17,18,23,24,28)/t7-/m0/s1. The molecule has 3 rings (SSSR count). The summed E-state index contributed by atoms with van der Waals surface area (Å²) in [7, 11) is 0. The number of hydrogen-bond acceptors (Lipinski definition) is 11. The fourth-order valence-corrected chi connectivity index (χ4v) is 3.15. The minimum Gasteiger partial charge on any atom is -0.481 e. The number of carbonyl (C=O) groups is 3. The SMILES string of the molecule is Nc1nc2ncc(CNc3ncc(C(=O)N[C@@H](CCC(=O)O)C(=O)O)s3)nc2c(=O)[nH]1. The highest BCUT2D eigenvalue weighted by molar-refractivity contribution is 7.17. The summed E-state index contributed by atoms with van der Waals surface area (Å²) in [6.07, 6.45) is 2.01. The normalized spacial score (nSPS) is 11.7. The van der Waals surface area contributed by atoms with Crippen LogP contribution in [0, 0.1) is 0 Å². The van der Waals surface area contributed by atoms with Gasteiger partial charge in [-0.1, -0.05) is 11.3 Å². The van der Waals surface area contributed by atoms with Gasteiger partial charge in [0.05, 0.1) is 24.6 Å². The second-order valence-electron chi connectivity index (χ2n) is 6.16. The molecule has 0 spiro atoms. The van der Waals surface area contributed by atoms with Crippen LogP contribution in [-0.2, 0) is 16.1 Å². The molecule has 1 atom stereocenters. The van der Waals surface area contributed by atoms with E-state index in [4.69, 9.17) is 15.9 Å². The number of aliphatic carboxylic acids is 2.